The molecular formula is C14H22N4O2. The first-order valence-electron chi connectivity index (χ1n) is 6.74. The average molecular weight is 278 g/mol. The fraction of sp³-hybridized carbons (Fsp3) is 0.571. The van der Waals surface area contributed by atoms with Crippen LogP contribution in [0.5, 0.6) is 0 Å². The molecule has 0 aromatic carbocycles. The smallest absolute Gasteiger partial charge is 0.340 e. The zero-order valence-corrected chi connectivity index (χ0v) is 12.5. The minimum Gasteiger partial charge on any atom is -0.465 e. The zero-order valence-electron chi connectivity index (χ0n) is 12.5. The number of pyridine rings is 1. The van der Waals surface area contributed by atoms with Crippen LogP contribution in [-0.2, 0) is 4.74 Å². The number of esters is 1. The number of aromatic nitrogens is 1. The Morgan fingerprint density at radius 2 is 2.00 bits per heavy atom. The maximum Gasteiger partial charge on any atom is 0.340 e. The van der Waals surface area contributed by atoms with E-state index in [1.807, 2.05) is 0 Å². The van der Waals surface area contributed by atoms with Gasteiger partial charge >= 0.3 is 5.97 Å². The third-order valence-corrected chi connectivity index (χ3v) is 4.01. The summed E-state index contributed by atoms with van der Waals surface area (Å²) < 4.78 is 4.75. The number of nitrogen functional groups attached to an aromatic ring is 1. The molecule has 1 aromatic heterocycles. The number of hydrogen-bond acceptors (Lipinski definition) is 6. The first-order chi connectivity index (χ1) is 9.43. The van der Waals surface area contributed by atoms with E-state index in [-0.39, 0.29) is 0 Å². The molecule has 2 heterocycles. The lowest BCUT2D eigenvalue weighted by atomic mass is 10.1. The van der Waals surface area contributed by atoms with Crippen molar-refractivity contribution < 1.29 is 9.53 Å². The topological polar surface area (TPSA) is 71.7 Å². The summed E-state index contributed by atoms with van der Waals surface area (Å²) in [7, 11) is 3.48. The molecule has 1 aromatic rings. The molecule has 6 nitrogen and oxygen atoms in total. The molecule has 2 atom stereocenters. The molecule has 2 unspecified atom stereocenters. The second-order valence-electron chi connectivity index (χ2n) is 5.39. The first kappa shape index (κ1) is 14.6. The summed E-state index contributed by atoms with van der Waals surface area (Å²) >= 11 is 0. The number of anilines is 2. The molecule has 0 radical (unpaired) electrons. The molecule has 0 spiro atoms. The maximum absolute atomic E-state index is 11.7. The van der Waals surface area contributed by atoms with Crippen LogP contribution in [-0.4, -0.2) is 55.2 Å². The molecular weight excluding hydrogens is 256 g/mol. The summed E-state index contributed by atoms with van der Waals surface area (Å²) in [4.78, 5) is 20.6. The normalized spacial score (nSPS) is 23.7. The highest BCUT2D eigenvalue weighted by Crippen LogP contribution is 2.23. The number of nitrogens with zero attached hydrogens (tertiary/aromatic N) is 3. The summed E-state index contributed by atoms with van der Waals surface area (Å²) in [6, 6.07) is 2.57. The lowest BCUT2D eigenvalue weighted by Crippen LogP contribution is -2.55. The van der Waals surface area contributed by atoms with Crippen molar-refractivity contribution in [3.63, 3.8) is 0 Å². The molecule has 0 bridgehead atoms. The predicted octanol–water partition coefficient (Wildman–Crippen LogP) is 0.979. The Bertz CT molecular complexity index is 494. The van der Waals surface area contributed by atoms with E-state index in [0.717, 1.165) is 18.9 Å². The van der Waals surface area contributed by atoms with Gasteiger partial charge in [0.2, 0.25) is 0 Å². The van der Waals surface area contributed by atoms with E-state index in [1.165, 1.54) is 13.3 Å². The molecule has 110 valence electrons. The van der Waals surface area contributed by atoms with Gasteiger partial charge in [-0.15, -0.1) is 0 Å². The molecule has 1 fully saturated rings. The van der Waals surface area contributed by atoms with Crippen LogP contribution in [0.3, 0.4) is 0 Å². The number of rotatable bonds is 2. The third kappa shape index (κ3) is 2.70. The molecule has 2 N–H and O–H groups in total. The molecule has 1 aliphatic heterocycles. The van der Waals surface area contributed by atoms with Crippen LogP contribution >= 0.6 is 0 Å². The summed E-state index contributed by atoms with van der Waals surface area (Å²) in [6.45, 7) is 6.11. The van der Waals surface area contributed by atoms with Gasteiger partial charge in [0.25, 0.3) is 0 Å². The fourth-order valence-electron chi connectivity index (χ4n) is 2.51. The van der Waals surface area contributed by atoms with Crippen LogP contribution in [0.4, 0.5) is 11.5 Å². The van der Waals surface area contributed by atoms with E-state index < -0.39 is 5.97 Å². The van der Waals surface area contributed by atoms with Gasteiger partial charge in [-0.1, -0.05) is 0 Å². The van der Waals surface area contributed by atoms with Gasteiger partial charge in [0.15, 0.2) is 0 Å². The van der Waals surface area contributed by atoms with Crippen LogP contribution in [0, 0.1) is 0 Å². The van der Waals surface area contributed by atoms with Crippen molar-refractivity contribution in [3.05, 3.63) is 17.8 Å². The summed E-state index contributed by atoms with van der Waals surface area (Å²) in [5, 5.41) is 0. The van der Waals surface area contributed by atoms with Gasteiger partial charge in [-0.3, -0.25) is 4.90 Å². The van der Waals surface area contributed by atoms with Crippen molar-refractivity contribution in [1.29, 1.82) is 0 Å². The molecule has 0 amide bonds. The van der Waals surface area contributed by atoms with Crippen molar-refractivity contribution in [2.45, 2.75) is 25.9 Å². The van der Waals surface area contributed by atoms with Crippen LogP contribution in [0.1, 0.15) is 24.2 Å². The van der Waals surface area contributed by atoms with Gasteiger partial charge in [-0.2, -0.15) is 0 Å². The van der Waals surface area contributed by atoms with Gasteiger partial charge in [-0.25, -0.2) is 9.78 Å². The fourth-order valence-corrected chi connectivity index (χ4v) is 2.51. The van der Waals surface area contributed by atoms with Gasteiger partial charge in [0.05, 0.1) is 24.6 Å². The summed E-state index contributed by atoms with van der Waals surface area (Å²) in [5.41, 5.74) is 6.50. The highest BCUT2D eigenvalue weighted by Gasteiger charge is 2.27. The Labute approximate surface area is 119 Å². The van der Waals surface area contributed by atoms with Crippen molar-refractivity contribution in [2.24, 2.45) is 0 Å². The van der Waals surface area contributed by atoms with E-state index in [1.54, 1.807) is 6.07 Å². The number of hydrogen-bond donors (Lipinski definition) is 1. The van der Waals surface area contributed by atoms with E-state index in [4.69, 9.17) is 10.5 Å². The largest absolute Gasteiger partial charge is 0.465 e. The lowest BCUT2D eigenvalue weighted by molar-refractivity contribution is 0.0602. The van der Waals surface area contributed by atoms with Crippen LogP contribution in [0.25, 0.3) is 0 Å². The Morgan fingerprint density at radius 1 is 1.40 bits per heavy atom. The molecule has 1 saturated heterocycles. The number of carbonyl (C=O) groups is 1. The first-order valence-corrected chi connectivity index (χ1v) is 6.74. The third-order valence-electron chi connectivity index (χ3n) is 4.01. The van der Waals surface area contributed by atoms with Crippen molar-refractivity contribution in [1.82, 2.24) is 9.88 Å². The molecule has 1 aliphatic rings. The summed E-state index contributed by atoms with van der Waals surface area (Å²) in [5.74, 6) is 0.341. The Balaban J connectivity index is 2.27. The van der Waals surface area contributed by atoms with E-state index in [0.29, 0.717) is 23.3 Å². The van der Waals surface area contributed by atoms with E-state index in [2.05, 4.69) is 35.7 Å². The molecule has 0 aliphatic carbocycles. The Kier molecular flexibility index (Phi) is 4.13. The van der Waals surface area contributed by atoms with Gasteiger partial charge in [-0.05, 0) is 27.0 Å². The highest BCUT2D eigenvalue weighted by atomic mass is 16.5. The van der Waals surface area contributed by atoms with Crippen molar-refractivity contribution >= 4 is 17.5 Å². The number of carbonyl (C=O) groups excluding carboxylic acids is 1. The van der Waals surface area contributed by atoms with Gasteiger partial charge < -0.3 is 15.4 Å². The lowest BCUT2D eigenvalue weighted by Gasteiger charge is -2.43. The second-order valence-corrected chi connectivity index (χ2v) is 5.39. The zero-order chi connectivity index (χ0) is 14.9. The molecule has 0 saturated carbocycles. The quantitative estimate of drug-likeness (QED) is 0.813. The van der Waals surface area contributed by atoms with E-state index in [9.17, 15) is 4.79 Å². The molecule has 6 heteroatoms. The van der Waals surface area contributed by atoms with Crippen molar-refractivity contribution in [2.75, 3.05) is 37.9 Å². The van der Waals surface area contributed by atoms with Crippen molar-refractivity contribution in [3.8, 4) is 0 Å². The minimum absolute atomic E-state index is 0.343. The molecule has 20 heavy (non-hydrogen) atoms. The SMILES string of the molecule is COC(=O)c1cc(N2CC(C)N(C)C(C)C2)ncc1N. The monoisotopic (exact) mass is 278 g/mol. The second kappa shape index (κ2) is 5.66. The van der Waals surface area contributed by atoms with Crippen LogP contribution in [0.2, 0.25) is 0 Å². The number of methoxy groups -OCH3 is 1. The summed E-state index contributed by atoms with van der Waals surface area (Å²) in [6.07, 6.45) is 1.52. The van der Waals surface area contributed by atoms with Crippen LogP contribution < -0.4 is 10.6 Å². The Hall–Kier alpha value is -1.82. The van der Waals surface area contributed by atoms with Gasteiger partial charge in [0, 0.05) is 25.2 Å². The average Bonchev–Trinajstić information content (AvgIpc) is 2.44. The number of piperazine rings is 1. The molecule has 2 rings (SSSR count). The number of ether oxygens (including phenoxy) is 1. The minimum atomic E-state index is -0.429. The predicted molar refractivity (Wildman–Crippen MR) is 78.9 cm³/mol. The standard InChI is InChI=1S/C14H22N4O2/c1-9-7-18(8-10(2)17(9)3)13-5-11(14(19)20-4)12(15)6-16-13/h5-6,9-10H,7-8,15H2,1-4H3. The Morgan fingerprint density at radius 3 is 2.55 bits per heavy atom. The van der Waals surface area contributed by atoms with E-state index >= 15 is 0 Å². The number of likely N-dealkylation sites (N-methyl/N-ethyl adjacent to an activating group) is 1. The van der Waals surface area contributed by atoms with Gasteiger partial charge in [0.1, 0.15) is 5.82 Å². The maximum atomic E-state index is 11.7. The number of nitrogens with two attached hydrogens (primary N) is 1. The highest BCUT2D eigenvalue weighted by molar-refractivity contribution is 5.95. The van der Waals surface area contributed by atoms with Crippen LogP contribution in [0.15, 0.2) is 12.3 Å².